The third kappa shape index (κ3) is 5.60. The van der Waals surface area contributed by atoms with E-state index in [0.717, 1.165) is 23.0 Å². The molecule has 0 heterocycles. The number of hydrogen-bond donors (Lipinski definition) is 1. The molecule has 2 rings (SSSR count). The molecular formula is C20H24BrClFNO2. The number of nitrogens with one attached hydrogen (secondary N) is 1. The molecule has 2 aromatic rings. The van der Waals surface area contributed by atoms with Crippen LogP contribution in [0.15, 0.2) is 34.8 Å². The Bertz CT molecular complexity index is 722. The lowest BCUT2D eigenvalue weighted by atomic mass is 10.1. The maximum atomic E-state index is 13.9. The van der Waals surface area contributed by atoms with E-state index in [1.165, 1.54) is 6.07 Å². The van der Waals surface area contributed by atoms with Gasteiger partial charge in [-0.25, -0.2) is 4.39 Å². The monoisotopic (exact) mass is 443 g/mol. The minimum atomic E-state index is -0.385. The van der Waals surface area contributed by atoms with Crippen LogP contribution in [0, 0.1) is 5.82 Å². The molecule has 0 aromatic heterocycles. The van der Waals surface area contributed by atoms with Crippen molar-refractivity contribution < 1.29 is 13.9 Å². The first kappa shape index (κ1) is 21.0. The first-order valence-electron chi connectivity index (χ1n) is 8.70. The van der Waals surface area contributed by atoms with Crippen molar-refractivity contribution in [1.29, 1.82) is 0 Å². The Labute approximate surface area is 168 Å². The van der Waals surface area contributed by atoms with Gasteiger partial charge in [-0.3, -0.25) is 0 Å². The first-order chi connectivity index (χ1) is 12.5. The Balaban J connectivity index is 2.20. The fourth-order valence-corrected chi connectivity index (χ4v) is 3.02. The van der Waals surface area contributed by atoms with Crippen LogP contribution in [0.1, 0.15) is 38.3 Å². The van der Waals surface area contributed by atoms with Gasteiger partial charge in [0.1, 0.15) is 12.4 Å². The van der Waals surface area contributed by atoms with Gasteiger partial charge >= 0.3 is 0 Å². The lowest BCUT2D eigenvalue weighted by Gasteiger charge is -2.17. The number of rotatable bonds is 9. The van der Waals surface area contributed by atoms with Crippen LogP contribution in [0.5, 0.6) is 11.5 Å². The van der Waals surface area contributed by atoms with E-state index >= 15 is 0 Å². The quantitative estimate of drug-likeness (QED) is 0.506. The fraction of sp³-hybridized carbons (Fsp3) is 0.400. The van der Waals surface area contributed by atoms with Gasteiger partial charge in [0.05, 0.1) is 11.6 Å². The predicted molar refractivity (Wildman–Crippen MR) is 108 cm³/mol. The van der Waals surface area contributed by atoms with Gasteiger partial charge in [0.15, 0.2) is 11.5 Å². The highest BCUT2D eigenvalue weighted by Crippen LogP contribution is 2.35. The van der Waals surface area contributed by atoms with E-state index in [2.05, 4.69) is 35.1 Å². The number of benzene rings is 2. The molecular weight excluding hydrogens is 421 g/mol. The minimum absolute atomic E-state index is 0.0302. The van der Waals surface area contributed by atoms with Crippen molar-refractivity contribution in [3.63, 3.8) is 0 Å². The molecule has 1 atom stereocenters. The fourth-order valence-electron chi connectivity index (χ4n) is 2.34. The van der Waals surface area contributed by atoms with Crippen LogP contribution >= 0.6 is 27.5 Å². The predicted octanol–water partition coefficient (Wildman–Crippen LogP) is 6.11. The van der Waals surface area contributed by atoms with E-state index in [1.807, 2.05) is 19.1 Å². The second kappa shape index (κ2) is 10.1. The third-order valence-electron chi connectivity index (χ3n) is 4.10. The molecule has 1 N–H and O–H groups in total. The van der Waals surface area contributed by atoms with Gasteiger partial charge in [-0.15, -0.1) is 0 Å². The van der Waals surface area contributed by atoms with Gasteiger partial charge < -0.3 is 14.8 Å². The molecule has 3 nitrogen and oxygen atoms in total. The summed E-state index contributed by atoms with van der Waals surface area (Å²) in [4.78, 5) is 0. The molecule has 0 aliphatic carbocycles. The summed E-state index contributed by atoms with van der Waals surface area (Å²) in [5.74, 6) is 0.790. The van der Waals surface area contributed by atoms with Crippen molar-refractivity contribution in [1.82, 2.24) is 5.32 Å². The van der Waals surface area contributed by atoms with Crippen LogP contribution in [-0.4, -0.2) is 12.6 Å². The summed E-state index contributed by atoms with van der Waals surface area (Å²) in [6, 6.07) is 8.81. The standard InChI is InChI=1S/C20H24BrClFNO2/c1-4-13(3)24-11-14-9-19(25-5-2)20(10-16(14)21)26-12-15-17(22)7-6-8-18(15)23/h6-10,13,24H,4-5,11-12H2,1-3H3. The summed E-state index contributed by atoms with van der Waals surface area (Å²) in [6.45, 7) is 7.46. The van der Waals surface area contributed by atoms with Gasteiger partial charge in [-0.05, 0) is 50.1 Å². The summed E-state index contributed by atoms with van der Waals surface area (Å²) in [5, 5.41) is 3.80. The zero-order valence-corrected chi connectivity index (χ0v) is 17.6. The van der Waals surface area contributed by atoms with Crippen molar-refractivity contribution in [2.24, 2.45) is 0 Å². The molecule has 0 saturated heterocycles. The molecule has 26 heavy (non-hydrogen) atoms. The van der Waals surface area contributed by atoms with Crippen LogP contribution in [0.3, 0.4) is 0 Å². The van der Waals surface area contributed by atoms with E-state index in [4.69, 9.17) is 21.1 Å². The molecule has 0 radical (unpaired) electrons. The Morgan fingerprint density at radius 1 is 1.19 bits per heavy atom. The summed E-state index contributed by atoms with van der Waals surface area (Å²) < 4.78 is 26.4. The molecule has 0 amide bonds. The van der Waals surface area contributed by atoms with Crippen molar-refractivity contribution >= 4 is 27.5 Å². The average Bonchev–Trinajstić information content (AvgIpc) is 2.61. The topological polar surface area (TPSA) is 30.5 Å². The lowest BCUT2D eigenvalue weighted by molar-refractivity contribution is 0.265. The van der Waals surface area contributed by atoms with Crippen LogP contribution in [-0.2, 0) is 13.2 Å². The Kier molecular flexibility index (Phi) is 8.19. The molecule has 1 unspecified atom stereocenters. The van der Waals surface area contributed by atoms with E-state index in [-0.39, 0.29) is 12.4 Å². The maximum absolute atomic E-state index is 13.9. The van der Waals surface area contributed by atoms with Crippen LogP contribution in [0.4, 0.5) is 4.39 Å². The van der Waals surface area contributed by atoms with Crippen molar-refractivity contribution in [3.05, 3.63) is 56.8 Å². The average molecular weight is 445 g/mol. The summed E-state index contributed by atoms with van der Waals surface area (Å²) in [7, 11) is 0. The van der Waals surface area contributed by atoms with Crippen molar-refractivity contribution in [3.8, 4) is 11.5 Å². The second-order valence-corrected chi connectivity index (χ2v) is 7.26. The van der Waals surface area contributed by atoms with Crippen molar-refractivity contribution in [2.75, 3.05) is 6.61 Å². The Morgan fingerprint density at radius 3 is 2.58 bits per heavy atom. The van der Waals surface area contributed by atoms with Gasteiger partial charge in [-0.2, -0.15) is 0 Å². The van der Waals surface area contributed by atoms with Crippen LogP contribution in [0.25, 0.3) is 0 Å². The molecule has 0 fully saturated rings. The Hall–Kier alpha value is -1.30. The highest BCUT2D eigenvalue weighted by molar-refractivity contribution is 9.10. The Morgan fingerprint density at radius 2 is 1.92 bits per heavy atom. The summed E-state index contributed by atoms with van der Waals surface area (Å²) in [5.41, 5.74) is 1.40. The highest BCUT2D eigenvalue weighted by Gasteiger charge is 2.14. The molecule has 142 valence electrons. The largest absolute Gasteiger partial charge is 0.490 e. The molecule has 0 spiro atoms. The third-order valence-corrected chi connectivity index (χ3v) is 5.19. The van der Waals surface area contributed by atoms with Gasteiger partial charge in [0.2, 0.25) is 0 Å². The lowest BCUT2D eigenvalue weighted by Crippen LogP contribution is -2.24. The normalized spacial score (nSPS) is 12.1. The molecule has 0 aliphatic rings. The van der Waals surface area contributed by atoms with Crippen LogP contribution in [0.2, 0.25) is 5.02 Å². The number of halogens is 3. The molecule has 2 aromatic carbocycles. The zero-order chi connectivity index (χ0) is 19.1. The zero-order valence-electron chi connectivity index (χ0n) is 15.2. The van der Waals surface area contributed by atoms with Gasteiger partial charge in [0, 0.05) is 22.6 Å². The smallest absolute Gasteiger partial charge is 0.162 e. The van der Waals surface area contributed by atoms with E-state index in [0.29, 0.717) is 34.7 Å². The molecule has 0 aliphatic heterocycles. The van der Waals surface area contributed by atoms with Gasteiger partial charge in [0.25, 0.3) is 0 Å². The second-order valence-electron chi connectivity index (χ2n) is 6.00. The molecule has 6 heteroatoms. The van der Waals surface area contributed by atoms with E-state index < -0.39 is 0 Å². The first-order valence-corrected chi connectivity index (χ1v) is 9.87. The maximum Gasteiger partial charge on any atom is 0.162 e. The van der Waals surface area contributed by atoms with E-state index in [9.17, 15) is 4.39 Å². The SMILES string of the molecule is CCOc1cc(CNC(C)CC)c(Br)cc1OCc1c(F)cccc1Cl. The minimum Gasteiger partial charge on any atom is -0.490 e. The number of hydrogen-bond acceptors (Lipinski definition) is 3. The molecule has 0 saturated carbocycles. The number of ether oxygens (including phenoxy) is 2. The van der Waals surface area contributed by atoms with Gasteiger partial charge in [-0.1, -0.05) is 40.5 Å². The summed E-state index contributed by atoms with van der Waals surface area (Å²) in [6.07, 6.45) is 1.06. The summed E-state index contributed by atoms with van der Waals surface area (Å²) >= 11 is 9.65. The van der Waals surface area contributed by atoms with Crippen LogP contribution < -0.4 is 14.8 Å². The molecule has 0 bridgehead atoms. The van der Waals surface area contributed by atoms with E-state index in [1.54, 1.807) is 12.1 Å². The highest BCUT2D eigenvalue weighted by atomic mass is 79.9. The van der Waals surface area contributed by atoms with Crippen molar-refractivity contribution in [2.45, 2.75) is 46.4 Å².